The Morgan fingerprint density at radius 3 is 2.14 bits per heavy atom. The molecule has 0 aliphatic carbocycles. The second-order valence-electron chi connectivity index (χ2n) is 7.43. The highest BCUT2D eigenvalue weighted by Crippen LogP contribution is 2.28. The highest BCUT2D eigenvalue weighted by Gasteiger charge is 2.30. The van der Waals surface area contributed by atoms with Crippen LogP contribution in [0.2, 0.25) is 0 Å². The topological polar surface area (TPSA) is 128 Å². The van der Waals surface area contributed by atoms with Gasteiger partial charge in [0.05, 0.1) is 48.7 Å². The molecule has 0 aromatic heterocycles. The van der Waals surface area contributed by atoms with E-state index in [4.69, 9.17) is 9.47 Å². The number of esters is 2. The number of hydrogen-bond donors (Lipinski definition) is 1. The maximum atomic E-state index is 14.7. The molecule has 0 saturated carbocycles. The smallest absolute Gasteiger partial charge is 0.339 e. The normalized spacial score (nSPS) is 10.8. The number of amides is 1. The number of para-hydroxylation sites is 1. The van der Waals surface area contributed by atoms with E-state index in [0.717, 1.165) is 20.3 Å². The Hall–Kier alpha value is -4.45. The van der Waals surface area contributed by atoms with Crippen molar-refractivity contribution in [1.29, 1.82) is 0 Å². The Balaban J connectivity index is 2.01. The average molecular weight is 531 g/mol. The molecule has 0 atom stereocenters. The van der Waals surface area contributed by atoms with Crippen LogP contribution in [0.1, 0.15) is 20.7 Å². The lowest BCUT2D eigenvalue weighted by atomic mass is 10.1. The SMILES string of the molecule is COC(=O)c1ccc(C(=O)OC)c(NC(=O)CN(c2ccccc2F)S(=O)(=O)c2ccc(OC)cc2)c1. The van der Waals surface area contributed by atoms with Crippen LogP contribution in [0.3, 0.4) is 0 Å². The fourth-order valence-corrected chi connectivity index (χ4v) is 4.76. The van der Waals surface area contributed by atoms with Gasteiger partial charge in [0.25, 0.3) is 10.0 Å². The Bertz CT molecular complexity index is 1420. The zero-order chi connectivity index (χ0) is 27.2. The van der Waals surface area contributed by atoms with Gasteiger partial charge >= 0.3 is 11.9 Å². The molecule has 0 bridgehead atoms. The standard InChI is InChI=1S/C25H23FN2O8S/c1-34-17-9-11-18(12-10-17)37(32,33)28(22-7-5-4-6-20(22)26)15-23(29)27-21-14-16(24(30)35-2)8-13-19(21)25(31)36-3/h4-14H,15H2,1-3H3,(H,27,29). The molecule has 0 saturated heterocycles. The summed E-state index contributed by atoms with van der Waals surface area (Å²) in [4.78, 5) is 37.0. The first-order valence-electron chi connectivity index (χ1n) is 10.6. The van der Waals surface area contributed by atoms with Crippen LogP contribution < -0.4 is 14.4 Å². The predicted octanol–water partition coefficient (Wildman–Crippen LogP) is 3.24. The fraction of sp³-hybridized carbons (Fsp3) is 0.160. The van der Waals surface area contributed by atoms with Crippen molar-refractivity contribution in [3.8, 4) is 5.75 Å². The first kappa shape index (κ1) is 27.1. The highest BCUT2D eigenvalue weighted by atomic mass is 32.2. The van der Waals surface area contributed by atoms with Crippen LogP contribution in [0.5, 0.6) is 5.75 Å². The molecule has 0 spiro atoms. The van der Waals surface area contributed by atoms with Gasteiger partial charge in [-0.25, -0.2) is 22.4 Å². The zero-order valence-corrected chi connectivity index (χ0v) is 20.9. The number of halogens is 1. The molecule has 0 aliphatic rings. The van der Waals surface area contributed by atoms with Gasteiger partial charge in [0, 0.05) is 0 Å². The quantitative estimate of drug-likeness (QED) is 0.418. The third-order valence-corrected chi connectivity index (χ3v) is 6.95. The van der Waals surface area contributed by atoms with E-state index in [9.17, 15) is 27.2 Å². The lowest BCUT2D eigenvalue weighted by Crippen LogP contribution is -2.39. The Morgan fingerprint density at radius 2 is 1.54 bits per heavy atom. The summed E-state index contributed by atoms with van der Waals surface area (Å²) in [7, 11) is -0.734. The van der Waals surface area contributed by atoms with Crippen LogP contribution in [0, 0.1) is 5.82 Å². The highest BCUT2D eigenvalue weighted by molar-refractivity contribution is 7.92. The number of rotatable bonds is 9. The second kappa shape index (κ2) is 11.5. The predicted molar refractivity (Wildman–Crippen MR) is 132 cm³/mol. The van der Waals surface area contributed by atoms with Gasteiger partial charge in [-0.3, -0.25) is 9.10 Å². The molecule has 1 N–H and O–H groups in total. The number of sulfonamides is 1. The number of hydrogen-bond acceptors (Lipinski definition) is 8. The van der Waals surface area contributed by atoms with Crippen molar-refractivity contribution >= 4 is 39.2 Å². The molecule has 37 heavy (non-hydrogen) atoms. The van der Waals surface area contributed by atoms with E-state index in [0.29, 0.717) is 10.1 Å². The van der Waals surface area contributed by atoms with Gasteiger partial charge in [0.15, 0.2) is 0 Å². The molecule has 3 aromatic carbocycles. The summed E-state index contributed by atoms with van der Waals surface area (Å²) < 4.78 is 56.7. The minimum Gasteiger partial charge on any atom is -0.497 e. The molecule has 0 heterocycles. The largest absolute Gasteiger partial charge is 0.497 e. The number of nitrogens with zero attached hydrogens (tertiary/aromatic N) is 1. The Labute approximate surface area is 212 Å². The van der Waals surface area contributed by atoms with E-state index in [2.05, 4.69) is 10.1 Å². The van der Waals surface area contributed by atoms with Crippen LogP contribution in [0.25, 0.3) is 0 Å². The van der Waals surface area contributed by atoms with Gasteiger partial charge in [0.2, 0.25) is 5.91 Å². The van der Waals surface area contributed by atoms with Crippen molar-refractivity contribution in [3.63, 3.8) is 0 Å². The zero-order valence-electron chi connectivity index (χ0n) is 20.1. The third-order valence-electron chi connectivity index (χ3n) is 5.18. The van der Waals surface area contributed by atoms with Gasteiger partial charge in [-0.15, -0.1) is 0 Å². The molecule has 12 heteroatoms. The number of ether oxygens (including phenoxy) is 3. The molecular formula is C25H23FN2O8S. The van der Waals surface area contributed by atoms with Crippen molar-refractivity contribution in [2.45, 2.75) is 4.90 Å². The lowest BCUT2D eigenvalue weighted by Gasteiger charge is -2.24. The molecule has 0 unspecified atom stereocenters. The average Bonchev–Trinajstić information content (AvgIpc) is 2.91. The van der Waals surface area contributed by atoms with Crippen LogP contribution in [0.4, 0.5) is 15.8 Å². The first-order chi connectivity index (χ1) is 17.6. The number of carbonyl (C=O) groups is 3. The van der Waals surface area contributed by atoms with Crippen molar-refractivity contribution in [3.05, 3.63) is 83.7 Å². The van der Waals surface area contributed by atoms with Gasteiger partial charge in [-0.05, 0) is 54.6 Å². The summed E-state index contributed by atoms with van der Waals surface area (Å²) in [5.41, 5.74) is -0.582. The van der Waals surface area contributed by atoms with Crippen LogP contribution in [-0.4, -0.2) is 54.1 Å². The summed E-state index contributed by atoms with van der Waals surface area (Å²) >= 11 is 0. The summed E-state index contributed by atoms with van der Waals surface area (Å²) in [6, 6.07) is 14.1. The summed E-state index contributed by atoms with van der Waals surface area (Å²) in [6.45, 7) is -0.863. The van der Waals surface area contributed by atoms with E-state index in [1.165, 1.54) is 67.8 Å². The van der Waals surface area contributed by atoms with Gasteiger partial charge in [-0.2, -0.15) is 0 Å². The van der Waals surface area contributed by atoms with E-state index in [1.807, 2.05) is 0 Å². The maximum absolute atomic E-state index is 14.7. The first-order valence-corrected chi connectivity index (χ1v) is 12.1. The number of anilines is 2. The van der Waals surface area contributed by atoms with Crippen molar-refractivity contribution in [1.82, 2.24) is 0 Å². The minimum absolute atomic E-state index is 0.0160. The molecular weight excluding hydrogens is 507 g/mol. The van der Waals surface area contributed by atoms with Crippen molar-refractivity contribution < 1.29 is 41.4 Å². The molecule has 194 valence electrons. The van der Waals surface area contributed by atoms with Crippen LogP contribution >= 0.6 is 0 Å². The van der Waals surface area contributed by atoms with E-state index in [1.54, 1.807) is 0 Å². The monoisotopic (exact) mass is 530 g/mol. The molecule has 0 aliphatic heterocycles. The number of carbonyl (C=O) groups excluding carboxylic acids is 3. The number of nitrogens with one attached hydrogen (secondary N) is 1. The summed E-state index contributed by atoms with van der Waals surface area (Å²) in [5, 5.41) is 2.41. The Kier molecular flexibility index (Phi) is 8.45. The summed E-state index contributed by atoms with van der Waals surface area (Å²) in [5.74, 6) is -2.96. The second-order valence-corrected chi connectivity index (χ2v) is 9.29. The van der Waals surface area contributed by atoms with E-state index >= 15 is 0 Å². The minimum atomic E-state index is -4.43. The van der Waals surface area contributed by atoms with Gasteiger partial charge in [-0.1, -0.05) is 12.1 Å². The lowest BCUT2D eigenvalue weighted by molar-refractivity contribution is -0.114. The number of benzene rings is 3. The van der Waals surface area contributed by atoms with Gasteiger partial charge < -0.3 is 19.5 Å². The number of methoxy groups -OCH3 is 3. The molecule has 3 rings (SSSR count). The van der Waals surface area contributed by atoms with Crippen LogP contribution in [0.15, 0.2) is 71.6 Å². The molecule has 10 nitrogen and oxygen atoms in total. The summed E-state index contributed by atoms with van der Waals surface area (Å²) in [6.07, 6.45) is 0. The molecule has 0 radical (unpaired) electrons. The molecule has 3 aromatic rings. The van der Waals surface area contributed by atoms with Crippen molar-refractivity contribution in [2.75, 3.05) is 37.5 Å². The van der Waals surface area contributed by atoms with Crippen molar-refractivity contribution in [2.24, 2.45) is 0 Å². The van der Waals surface area contributed by atoms with Crippen LogP contribution in [-0.2, 0) is 24.3 Å². The molecule has 1 amide bonds. The van der Waals surface area contributed by atoms with Gasteiger partial charge in [0.1, 0.15) is 18.1 Å². The third kappa shape index (κ3) is 6.04. The van der Waals surface area contributed by atoms with E-state index in [-0.39, 0.29) is 27.4 Å². The molecule has 0 fully saturated rings. The fourth-order valence-electron chi connectivity index (χ4n) is 3.33. The Morgan fingerprint density at radius 1 is 0.892 bits per heavy atom. The van der Waals surface area contributed by atoms with E-state index < -0.39 is 40.2 Å². The maximum Gasteiger partial charge on any atom is 0.339 e.